The van der Waals surface area contributed by atoms with E-state index in [9.17, 15) is 0 Å². The molecule has 0 bridgehead atoms. The van der Waals surface area contributed by atoms with Gasteiger partial charge in [0.25, 0.3) is 0 Å². The molecule has 5 aromatic rings. The number of halogens is 2. The molecule has 0 saturated carbocycles. The minimum atomic E-state index is 0.0343. The van der Waals surface area contributed by atoms with Crippen molar-refractivity contribution in [1.82, 2.24) is 9.97 Å². The fourth-order valence-electron chi connectivity index (χ4n) is 4.22. The van der Waals surface area contributed by atoms with E-state index in [1.54, 1.807) is 11.3 Å². The predicted molar refractivity (Wildman–Crippen MR) is 145 cm³/mol. The minimum absolute atomic E-state index is 0.0343. The summed E-state index contributed by atoms with van der Waals surface area (Å²) in [7, 11) is 0. The van der Waals surface area contributed by atoms with Gasteiger partial charge in [0.05, 0.1) is 23.0 Å². The average Bonchev–Trinajstić information content (AvgIpc) is 3.55. The summed E-state index contributed by atoms with van der Waals surface area (Å²) in [4.78, 5) is 11.2. The van der Waals surface area contributed by atoms with Crippen LogP contribution in [0, 0.1) is 0 Å². The number of hydrogen-bond acceptors (Lipinski definition) is 5. The molecule has 6 rings (SSSR count). The molecular weight excluding hydrogens is 528 g/mol. The fraction of sp³-hybridized carbons (Fsp3) is 0.0741. The van der Waals surface area contributed by atoms with E-state index in [0.29, 0.717) is 11.0 Å². The maximum atomic E-state index is 6.34. The lowest BCUT2D eigenvalue weighted by atomic mass is 10.0. The molecule has 0 fully saturated rings. The Morgan fingerprint density at radius 3 is 2.47 bits per heavy atom. The Hall–Kier alpha value is -3.06. The Bertz CT molecular complexity index is 1500. The highest BCUT2D eigenvalue weighted by atomic mass is 79.9. The summed E-state index contributed by atoms with van der Waals surface area (Å²) in [5, 5.41) is 10.7. The molecule has 1 aliphatic heterocycles. The minimum Gasteiger partial charge on any atom is -0.223 e. The van der Waals surface area contributed by atoms with Gasteiger partial charge in [0.2, 0.25) is 5.95 Å². The zero-order valence-electron chi connectivity index (χ0n) is 17.9. The first-order valence-corrected chi connectivity index (χ1v) is 12.9. The Balaban J connectivity index is 1.53. The van der Waals surface area contributed by atoms with Crippen LogP contribution in [-0.2, 0) is 0 Å². The number of anilines is 1. The SMILES string of the molecule is Clc1ccc2nc(N3N=C(c4ccc(Br)cc4)CC3c3cccs3)nc(-c3ccccc3)c2c1. The van der Waals surface area contributed by atoms with Gasteiger partial charge in [0.15, 0.2) is 0 Å². The van der Waals surface area contributed by atoms with E-state index in [-0.39, 0.29) is 6.04 Å². The number of nitrogens with zero attached hydrogens (tertiary/aromatic N) is 4. The maximum Gasteiger partial charge on any atom is 0.247 e. The average molecular weight is 546 g/mol. The summed E-state index contributed by atoms with van der Waals surface area (Å²) in [5.41, 5.74) is 4.82. The summed E-state index contributed by atoms with van der Waals surface area (Å²) < 4.78 is 1.05. The topological polar surface area (TPSA) is 41.4 Å². The van der Waals surface area contributed by atoms with Crippen molar-refractivity contribution in [2.24, 2.45) is 5.10 Å². The van der Waals surface area contributed by atoms with Crippen LogP contribution in [0.2, 0.25) is 5.02 Å². The summed E-state index contributed by atoms with van der Waals surface area (Å²) in [6.45, 7) is 0. The number of benzene rings is 3. The van der Waals surface area contributed by atoms with E-state index < -0.39 is 0 Å². The van der Waals surface area contributed by atoms with Crippen LogP contribution >= 0.6 is 38.9 Å². The Morgan fingerprint density at radius 1 is 0.882 bits per heavy atom. The van der Waals surface area contributed by atoms with Crippen LogP contribution in [0.4, 0.5) is 5.95 Å². The lowest BCUT2D eigenvalue weighted by Crippen LogP contribution is -2.20. The van der Waals surface area contributed by atoms with Gasteiger partial charge in [-0.2, -0.15) is 5.10 Å². The van der Waals surface area contributed by atoms with Gasteiger partial charge in [0, 0.05) is 31.7 Å². The second-order valence-electron chi connectivity index (χ2n) is 8.03. The first-order chi connectivity index (χ1) is 16.7. The van der Waals surface area contributed by atoms with Crippen molar-refractivity contribution in [2.75, 3.05) is 5.01 Å². The van der Waals surface area contributed by atoms with Crippen LogP contribution in [0.15, 0.2) is 99.9 Å². The molecule has 2 aromatic heterocycles. The second-order valence-corrected chi connectivity index (χ2v) is 10.4. The highest BCUT2D eigenvalue weighted by Crippen LogP contribution is 2.39. The monoisotopic (exact) mass is 544 g/mol. The summed E-state index contributed by atoms with van der Waals surface area (Å²) in [5.74, 6) is 0.583. The summed E-state index contributed by atoms with van der Waals surface area (Å²) >= 11 is 11.6. The Labute approximate surface area is 214 Å². The van der Waals surface area contributed by atoms with Gasteiger partial charge in [0.1, 0.15) is 0 Å². The van der Waals surface area contributed by atoms with Gasteiger partial charge in [-0.3, -0.25) is 0 Å². The van der Waals surface area contributed by atoms with Crippen molar-refractivity contribution in [1.29, 1.82) is 0 Å². The zero-order chi connectivity index (χ0) is 23.1. The maximum absolute atomic E-state index is 6.34. The highest BCUT2D eigenvalue weighted by molar-refractivity contribution is 9.10. The zero-order valence-corrected chi connectivity index (χ0v) is 21.1. The number of hydrazone groups is 1. The molecule has 3 heterocycles. The molecule has 0 saturated heterocycles. The molecule has 0 radical (unpaired) electrons. The first-order valence-electron chi connectivity index (χ1n) is 10.8. The lowest BCUT2D eigenvalue weighted by molar-refractivity contribution is 0.700. The molecule has 0 aliphatic carbocycles. The molecule has 1 unspecified atom stereocenters. The van der Waals surface area contributed by atoms with Crippen LogP contribution in [-0.4, -0.2) is 15.7 Å². The third-order valence-corrected chi connectivity index (χ3v) is 7.59. The van der Waals surface area contributed by atoms with Gasteiger partial charge in [-0.15, -0.1) is 11.3 Å². The molecule has 3 aromatic carbocycles. The number of thiophene rings is 1. The number of aromatic nitrogens is 2. The van der Waals surface area contributed by atoms with Gasteiger partial charge < -0.3 is 0 Å². The van der Waals surface area contributed by atoms with E-state index in [4.69, 9.17) is 26.7 Å². The van der Waals surface area contributed by atoms with Crippen LogP contribution in [0.1, 0.15) is 22.9 Å². The smallest absolute Gasteiger partial charge is 0.223 e. The molecule has 4 nitrogen and oxygen atoms in total. The molecule has 0 amide bonds. The van der Waals surface area contributed by atoms with Gasteiger partial charge >= 0.3 is 0 Å². The third-order valence-electron chi connectivity index (χ3n) is 5.86. The van der Waals surface area contributed by atoms with Crippen LogP contribution in [0.25, 0.3) is 22.2 Å². The van der Waals surface area contributed by atoms with Crippen molar-refractivity contribution in [3.63, 3.8) is 0 Å². The van der Waals surface area contributed by atoms with Crippen LogP contribution in [0.3, 0.4) is 0 Å². The van der Waals surface area contributed by atoms with Crippen LogP contribution in [0.5, 0.6) is 0 Å². The Morgan fingerprint density at radius 2 is 1.71 bits per heavy atom. The van der Waals surface area contributed by atoms with Crippen molar-refractivity contribution in [3.05, 3.63) is 110 Å². The van der Waals surface area contributed by atoms with Gasteiger partial charge in [-0.1, -0.05) is 76.1 Å². The second kappa shape index (κ2) is 8.95. The van der Waals surface area contributed by atoms with E-state index >= 15 is 0 Å². The molecule has 166 valence electrons. The van der Waals surface area contributed by atoms with E-state index in [0.717, 1.165) is 44.3 Å². The molecule has 0 N–H and O–H groups in total. The summed E-state index contributed by atoms with van der Waals surface area (Å²) in [6.07, 6.45) is 0.783. The molecule has 7 heteroatoms. The van der Waals surface area contributed by atoms with Gasteiger partial charge in [-0.05, 0) is 47.3 Å². The van der Waals surface area contributed by atoms with Gasteiger partial charge in [-0.25, -0.2) is 15.0 Å². The third kappa shape index (κ3) is 4.02. The highest BCUT2D eigenvalue weighted by Gasteiger charge is 2.33. The molecular formula is C27H18BrClN4S. The standard InChI is InChI=1S/C27H18BrClN4S/c28-19-10-8-17(9-11-19)23-16-24(25-7-4-14-34-25)33(32-23)27-30-22-13-12-20(29)15-21(22)26(31-27)18-5-2-1-3-6-18/h1-15,24H,16H2. The van der Waals surface area contributed by atoms with Crippen molar-refractivity contribution in [3.8, 4) is 11.3 Å². The van der Waals surface area contributed by atoms with Crippen molar-refractivity contribution < 1.29 is 0 Å². The quantitative estimate of drug-likeness (QED) is 0.229. The van der Waals surface area contributed by atoms with E-state index in [2.05, 4.69) is 57.7 Å². The molecule has 1 aliphatic rings. The fourth-order valence-corrected chi connectivity index (χ4v) is 5.47. The largest absolute Gasteiger partial charge is 0.247 e. The van der Waals surface area contributed by atoms with Crippen molar-refractivity contribution in [2.45, 2.75) is 12.5 Å². The predicted octanol–water partition coefficient (Wildman–Crippen LogP) is 8.13. The summed E-state index contributed by atoms with van der Waals surface area (Å²) in [6, 6.07) is 28.4. The first kappa shape index (κ1) is 21.5. The Kier molecular flexibility index (Phi) is 5.65. The van der Waals surface area contributed by atoms with E-state index in [1.165, 1.54) is 4.88 Å². The number of hydrogen-bond donors (Lipinski definition) is 0. The lowest BCUT2D eigenvalue weighted by Gasteiger charge is -2.21. The van der Waals surface area contributed by atoms with Crippen LogP contribution < -0.4 is 5.01 Å². The van der Waals surface area contributed by atoms with E-state index in [1.807, 2.05) is 53.5 Å². The number of fused-ring (bicyclic) bond motifs is 1. The number of rotatable bonds is 4. The van der Waals surface area contributed by atoms with Crippen molar-refractivity contribution >= 4 is 61.4 Å². The normalized spacial score (nSPS) is 15.6. The molecule has 1 atom stereocenters. The molecule has 0 spiro atoms. The molecule has 34 heavy (non-hydrogen) atoms.